The highest BCUT2D eigenvalue weighted by Crippen LogP contribution is 2.16. The minimum Gasteiger partial charge on any atom is -0.478 e. The molecule has 0 spiro atoms. The van der Waals surface area contributed by atoms with Crippen LogP contribution in [0.4, 0.5) is 14.9 Å². The Hall–Kier alpha value is -2.15. The molecule has 0 saturated carbocycles. The predicted molar refractivity (Wildman–Crippen MR) is 73.9 cm³/mol. The van der Waals surface area contributed by atoms with Gasteiger partial charge in [0.15, 0.2) is 0 Å². The fourth-order valence-electron chi connectivity index (χ4n) is 2.25. The first-order chi connectivity index (χ1) is 9.95. The minimum atomic E-state index is -1.35. The molecule has 1 aliphatic heterocycles. The Kier molecular flexibility index (Phi) is 4.74. The van der Waals surface area contributed by atoms with Crippen LogP contribution in [0.3, 0.4) is 0 Å². The maximum Gasteiger partial charge on any atom is 0.338 e. The molecule has 0 aliphatic carbocycles. The van der Waals surface area contributed by atoms with Crippen LogP contribution in [0.15, 0.2) is 18.2 Å². The van der Waals surface area contributed by atoms with Gasteiger partial charge in [-0.2, -0.15) is 0 Å². The summed E-state index contributed by atoms with van der Waals surface area (Å²) in [6, 6.07) is 3.01. The van der Waals surface area contributed by atoms with Crippen LogP contribution in [0.5, 0.6) is 0 Å². The first-order valence-electron chi connectivity index (χ1n) is 6.67. The minimum absolute atomic E-state index is 0.0110. The zero-order valence-electron chi connectivity index (χ0n) is 11.6. The summed E-state index contributed by atoms with van der Waals surface area (Å²) in [7, 11) is 0. The number of amides is 2. The summed E-state index contributed by atoms with van der Waals surface area (Å²) >= 11 is 0. The first kappa shape index (κ1) is 15.2. The van der Waals surface area contributed by atoms with Crippen LogP contribution in [0, 0.1) is 5.82 Å². The van der Waals surface area contributed by atoms with E-state index in [0.29, 0.717) is 6.61 Å². The molecule has 0 radical (unpaired) electrons. The van der Waals surface area contributed by atoms with Crippen LogP contribution >= 0.6 is 0 Å². The highest BCUT2D eigenvalue weighted by molar-refractivity contribution is 5.91. The molecule has 1 fully saturated rings. The van der Waals surface area contributed by atoms with Crippen LogP contribution in [-0.2, 0) is 4.74 Å². The van der Waals surface area contributed by atoms with Crippen molar-refractivity contribution < 1.29 is 23.8 Å². The van der Waals surface area contributed by atoms with Crippen LogP contribution < -0.4 is 10.6 Å². The second-order valence-corrected chi connectivity index (χ2v) is 5.00. The van der Waals surface area contributed by atoms with Gasteiger partial charge in [-0.15, -0.1) is 0 Å². The van der Waals surface area contributed by atoms with Gasteiger partial charge >= 0.3 is 12.0 Å². The number of carboxylic acid groups (broad SMARTS) is 1. The molecular formula is C14H17FN2O4. The van der Waals surface area contributed by atoms with Crippen molar-refractivity contribution in [2.45, 2.75) is 31.9 Å². The van der Waals surface area contributed by atoms with E-state index in [9.17, 15) is 14.0 Å². The third kappa shape index (κ3) is 4.16. The summed E-state index contributed by atoms with van der Waals surface area (Å²) in [6.45, 7) is 2.53. The number of anilines is 1. The number of halogens is 1. The molecular weight excluding hydrogens is 279 g/mol. The molecule has 114 valence electrons. The molecule has 2 atom stereocenters. The molecule has 1 aromatic carbocycles. The molecule has 3 N–H and O–H groups in total. The van der Waals surface area contributed by atoms with Gasteiger partial charge in [0, 0.05) is 18.3 Å². The van der Waals surface area contributed by atoms with E-state index in [1.807, 2.05) is 6.92 Å². The van der Waals surface area contributed by atoms with Crippen molar-refractivity contribution in [1.82, 2.24) is 5.32 Å². The highest BCUT2D eigenvalue weighted by Gasteiger charge is 2.21. The number of carbonyl (C=O) groups is 2. The lowest BCUT2D eigenvalue weighted by atomic mass is 10.0. The Labute approximate surface area is 121 Å². The molecule has 2 unspecified atom stereocenters. The molecule has 21 heavy (non-hydrogen) atoms. The second kappa shape index (κ2) is 6.53. The standard InChI is InChI=1S/C14H17FN2O4/c1-8-6-10(4-5-21-8)17-14(20)16-9-2-3-11(13(18)19)12(15)7-9/h2-3,7-8,10H,4-6H2,1H3,(H,18,19)(H2,16,17,20). The average molecular weight is 296 g/mol. The number of rotatable bonds is 3. The van der Waals surface area contributed by atoms with E-state index in [0.717, 1.165) is 25.0 Å². The van der Waals surface area contributed by atoms with E-state index in [2.05, 4.69) is 10.6 Å². The summed E-state index contributed by atoms with van der Waals surface area (Å²) in [6.07, 6.45) is 1.54. The third-order valence-corrected chi connectivity index (χ3v) is 3.28. The maximum absolute atomic E-state index is 13.5. The van der Waals surface area contributed by atoms with E-state index < -0.39 is 23.4 Å². The van der Waals surface area contributed by atoms with Gasteiger partial charge in [0.1, 0.15) is 5.82 Å². The highest BCUT2D eigenvalue weighted by atomic mass is 19.1. The van der Waals surface area contributed by atoms with Crippen molar-refractivity contribution >= 4 is 17.7 Å². The first-order valence-corrected chi connectivity index (χ1v) is 6.67. The predicted octanol–water partition coefficient (Wildman–Crippen LogP) is 2.21. The lowest BCUT2D eigenvalue weighted by Crippen LogP contribution is -2.43. The van der Waals surface area contributed by atoms with Gasteiger partial charge in [-0.25, -0.2) is 14.0 Å². The van der Waals surface area contributed by atoms with Crippen molar-refractivity contribution in [3.63, 3.8) is 0 Å². The van der Waals surface area contributed by atoms with Gasteiger partial charge in [0.25, 0.3) is 0 Å². The van der Waals surface area contributed by atoms with Gasteiger partial charge in [0.2, 0.25) is 0 Å². The van der Waals surface area contributed by atoms with Gasteiger partial charge in [-0.3, -0.25) is 0 Å². The quantitative estimate of drug-likeness (QED) is 0.798. The van der Waals surface area contributed by atoms with Gasteiger partial charge < -0.3 is 20.5 Å². The molecule has 0 aromatic heterocycles. The number of hydrogen-bond donors (Lipinski definition) is 3. The number of urea groups is 1. The number of nitrogens with one attached hydrogen (secondary N) is 2. The number of carbonyl (C=O) groups excluding carboxylic acids is 1. The molecule has 1 aromatic rings. The summed E-state index contributed by atoms with van der Waals surface area (Å²) in [5.74, 6) is -2.24. The van der Waals surface area contributed by atoms with Gasteiger partial charge in [-0.1, -0.05) is 0 Å². The third-order valence-electron chi connectivity index (χ3n) is 3.28. The number of hydrogen-bond acceptors (Lipinski definition) is 3. The van der Waals surface area contributed by atoms with Crippen LogP contribution in [0.2, 0.25) is 0 Å². The van der Waals surface area contributed by atoms with E-state index in [1.165, 1.54) is 6.07 Å². The number of ether oxygens (including phenoxy) is 1. The van der Waals surface area contributed by atoms with E-state index in [1.54, 1.807) is 0 Å². The van der Waals surface area contributed by atoms with Crippen LogP contribution in [0.1, 0.15) is 30.1 Å². The van der Waals surface area contributed by atoms with Crippen molar-refractivity contribution in [2.24, 2.45) is 0 Å². The number of carboxylic acids is 1. The monoisotopic (exact) mass is 296 g/mol. The molecule has 2 amide bonds. The van der Waals surface area contributed by atoms with Gasteiger partial charge in [0.05, 0.1) is 11.7 Å². The fourth-order valence-corrected chi connectivity index (χ4v) is 2.25. The largest absolute Gasteiger partial charge is 0.478 e. The molecule has 1 saturated heterocycles. The van der Waals surface area contributed by atoms with Crippen molar-refractivity contribution in [1.29, 1.82) is 0 Å². The maximum atomic E-state index is 13.5. The molecule has 7 heteroatoms. The molecule has 0 bridgehead atoms. The van der Waals surface area contributed by atoms with Crippen molar-refractivity contribution in [3.05, 3.63) is 29.6 Å². The lowest BCUT2D eigenvalue weighted by Gasteiger charge is -2.27. The number of benzene rings is 1. The SMILES string of the molecule is CC1CC(NC(=O)Nc2ccc(C(=O)O)c(F)c2)CCO1. The van der Waals surface area contributed by atoms with Crippen LogP contribution in [-0.4, -0.2) is 35.9 Å². The summed E-state index contributed by atoms with van der Waals surface area (Å²) in [5, 5.41) is 14.0. The van der Waals surface area contributed by atoms with E-state index in [-0.39, 0.29) is 17.8 Å². The van der Waals surface area contributed by atoms with E-state index in [4.69, 9.17) is 9.84 Å². The Morgan fingerprint density at radius 1 is 1.43 bits per heavy atom. The lowest BCUT2D eigenvalue weighted by molar-refractivity contribution is 0.0157. The molecule has 2 rings (SSSR count). The van der Waals surface area contributed by atoms with Gasteiger partial charge in [-0.05, 0) is 38.0 Å². The van der Waals surface area contributed by atoms with Crippen molar-refractivity contribution in [2.75, 3.05) is 11.9 Å². The Balaban J connectivity index is 1.93. The van der Waals surface area contributed by atoms with Crippen LogP contribution in [0.25, 0.3) is 0 Å². The zero-order valence-corrected chi connectivity index (χ0v) is 11.6. The molecule has 6 nitrogen and oxygen atoms in total. The van der Waals surface area contributed by atoms with Crippen molar-refractivity contribution in [3.8, 4) is 0 Å². The molecule has 1 aliphatic rings. The zero-order chi connectivity index (χ0) is 15.4. The Morgan fingerprint density at radius 3 is 2.81 bits per heavy atom. The topological polar surface area (TPSA) is 87.7 Å². The summed E-state index contributed by atoms with van der Waals surface area (Å²) < 4.78 is 18.9. The second-order valence-electron chi connectivity index (χ2n) is 5.00. The fraction of sp³-hybridized carbons (Fsp3) is 0.429. The summed E-state index contributed by atoms with van der Waals surface area (Å²) in [5.41, 5.74) is -0.227. The molecule has 1 heterocycles. The smallest absolute Gasteiger partial charge is 0.338 e. The summed E-state index contributed by atoms with van der Waals surface area (Å²) in [4.78, 5) is 22.5. The Bertz CT molecular complexity index is 550. The average Bonchev–Trinajstić information content (AvgIpc) is 2.38. The Morgan fingerprint density at radius 2 is 2.19 bits per heavy atom. The van der Waals surface area contributed by atoms with E-state index >= 15 is 0 Å². The normalized spacial score (nSPS) is 21.6. The number of aromatic carboxylic acids is 1.